The Kier molecular flexibility index (Phi) is 7.02. The number of benzene rings is 1. The van der Waals surface area contributed by atoms with Gasteiger partial charge in [0.2, 0.25) is 5.95 Å². The molecule has 3 fully saturated rings. The smallest absolute Gasteiger partial charge is 0.434 e. The second-order valence-corrected chi connectivity index (χ2v) is 13.2. The number of hydrogen-bond acceptors (Lipinski definition) is 6. The molecule has 8 nitrogen and oxygen atoms in total. The summed E-state index contributed by atoms with van der Waals surface area (Å²) in [5.74, 6) is -2.60. The van der Waals surface area contributed by atoms with Crippen LogP contribution in [0.2, 0.25) is 0 Å². The van der Waals surface area contributed by atoms with E-state index in [2.05, 4.69) is 33.6 Å². The van der Waals surface area contributed by atoms with Gasteiger partial charge in [-0.05, 0) is 93.8 Å². The molecule has 1 spiro atoms. The molecule has 226 valence electrons. The van der Waals surface area contributed by atoms with Crippen molar-refractivity contribution in [2.75, 3.05) is 24.5 Å². The SMILES string of the molecule is Cc1ccc2c(c1)C1(CCNCC1)CN2c1ncc(C(=O)NC2(C(=O)O)C(C)CC3CC(C)CC2C3)c(C(F)(F)F)n1. The number of aliphatic carboxylic acids is 1. The van der Waals surface area contributed by atoms with Gasteiger partial charge in [0.1, 0.15) is 5.54 Å². The fourth-order valence-corrected chi connectivity index (χ4v) is 8.50. The molecule has 1 saturated heterocycles. The summed E-state index contributed by atoms with van der Waals surface area (Å²) in [4.78, 5) is 36.4. The number of anilines is 2. The van der Waals surface area contributed by atoms with E-state index >= 15 is 0 Å². The molecule has 1 aromatic carbocycles. The standard InChI is InChI=1S/C31H38F3N5O3/c1-17-4-5-24-23(12-17)29(6-8-35-9-7-29)16-39(24)28-36-15-22(25(37-28)31(32,33)34)26(40)38-30(27(41)42)19(3)13-20-10-18(2)11-21(30)14-20/h4-5,12,15,18-21,35H,6-11,13-14,16H2,1-3H3,(H,38,40)(H,41,42). The zero-order valence-electron chi connectivity index (χ0n) is 24.2. The minimum atomic E-state index is -4.95. The number of fused-ring (bicyclic) bond motifs is 4. The summed E-state index contributed by atoms with van der Waals surface area (Å²) in [6.07, 6.45) is 0.456. The molecule has 2 aliphatic heterocycles. The fourth-order valence-electron chi connectivity index (χ4n) is 8.50. The number of carbonyl (C=O) groups excluding carboxylic acids is 1. The second-order valence-electron chi connectivity index (χ2n) is 13.2. The molecule has 11 heteroatoms. The molecule has 5 atom stereocenters. The molecule has 3 heterocycles. The van der Waals surface area contributed by atoms with Crippen molar-refractivity contribution >= 4 is 23.5 Å². The van der Waals surface area contributed by atoms with Gasteiger partial charge in [0.05, 0.1) is 5.56 Å². The summed E-state index contributed by atoms with van der Waals surface area (Å²) < 4.78 is 43.6. The minimum absolute atomic E-state index is 0.123. The van der Waals surface area contributed by atoms with Gasteiger partial charge in [-0.1, -0.05) is 31.5 Å². The average Bonchev–Trinajstić information content (AvgIpc) is 3.22. The Morgan fingerprint density at radius 1 is 1.12 bits per heavy atom. The Labute approximate surface area is 243 Å². The number of carboxylic acid groups (broad SMARTS) is 1. The molecule has 2 bridgehead atoms. The maximum atomic E-state index is 14.5. The molecule has 1 amide bonds. The number of rotatable bonds is 4. The molecular formula is C31H38F3N5O3. The van der Waals surface area contributed by atoms with Gasteiger partial charge in [0.25, 0.3) is 5.91 Å². The Balaban J connectivity index is 1.37. The van der Waals surface area contributed by atoms with Crippen LogP contribution in [0.15, 0.2) is 24.4 Å². The first-order valence-electron chi connectivity index (χ1n) is 14.9. The topological polar surface area (TPSA) is 107 Å². The summed E-state index contributed by atoms with van der Waals surface area (Å²) >= 11 is 0. The minimum Gasteiger partial charge on any atom is -0.479 e. The summed E-state index contributed by atoms with van der Waals surface area (Å²) in [6, 6.07) is 5.92. The van der Waals surface area contributed by atoms with Crippen molar-refractivity contribution in [2.24, 2.45) is 23.7 Å². The van der Waals surface area contributed by atoms with Gasteiger partial charge in [-0.25, -0.2) is 14.8 Å². The lowest BCUT2D eigenvalue weighted by atomic mass is 9.56. The van der Waals surface area contributed by atoms with Gasteiger partial charge in [0.15, 0.2) is 5.69 Å². The molecule has 2 aliphatic carbocycles. The molecule has 2 saturated carbocycles. The predicted molar refractivity (Wildman–Crippen MR) is 151 cm³/mol. The van der Waals surface area contributed by atoms with E-state index in [0.29, 0.717) is 31.7 Å². The molecule has 0 radical (unpaired) electrons. The van der Waals surface area contributed by atoms with E-state index in [1.165, 1.54) is 0 Å². The van der Waals surface area contributed by atoms with Crippen LogP contribution in [0, 0.1) is 30.6 Å². The number of aryl methyl sites for hydroxylation is 1. The highest BCUT2D eigenvalue weighted by molar-refractivity contribution is 5.99. The number of aromatic nitrogens is 2. The first-order chi connectivity index (χ1) is 19.8. The highest BCUT2D eigenvalue weighted by atomic mass is 19.4. The molecular weight excluding hydrogens is 547 g/mol. The number of hydrogen-bond donors (Lipinski definition) is 3. The number of halogens is 3. The Morgan fingerprint density at radius 2 is 1.86 bits per heavy atom. The third kappa shape index (κ3) is 4.64. The van der Waals surface area contributed by atoms with Crippen LogP contribution in [-0.4, -0.2) is 52.1 Å². The van der Waals surface area contributed by atoms with Crippen molar-refractivity contribution in [3.8, 4) is 0 Å². The second kappa shape index (κ2) is 10.2. The van der Waals surface area contributed by atoms with Crippen LogP contribution < -0.4 is 15.5 Å². The van der Waals surface area contributed by atoms with Crippen molar-refractivity contribution in [2.45, 2.75) is 76.4 Å². The normalized spacial score (nSPS) is 30.2. The molecule has 5 unspecified atom stereocenters. The van der Waals surface area contributed by atoms with Crippen LogP contribution >= 0.6 is 0 Å². The van der Waals surface area contributed by atoms with Gasteiger partial charge in [-0.3, -0.25) is 4.79 Å². The van der Waals surface area contributed by atoms with E-state index in [1.807, 2.05) is 19.1 Å². The van der Waals surface area contributed by atoms with Gasteiger partial charge in [0, 0.05) is 23.8 Å². The van der Waals surface area contributed by atoms with Crippen molar-refractivity contribution in [3.63, 3.8) is 0 Å². The van der Waals surface area contributed by atoms with Crippen molar-refractivity contribution in [1.29, 1.82) is 0 Å². The van der Waals surface area contributed by atoms with E-state index in [9.17, 15) is 27.9 Å². The Hall–Kier alpha value is -3.21. The number of nitrogens with zero attached hydrogens (tertiary/aromatic N) is 3. The quantitative estimate of drug-likeness (QED) is 0.452. The predicted octanol–water partition coefficient (Wildman–Crippen LogP) is 5.22. The van der Waals surface area contributed by atoms with Gasteiger partial charge < -0.3 is 20.6 Å². The number of piperidine rings is 1. The van der Waals surface area contributed by atoms with E-state index in [4.69, 9.17) is 0 Å². The van der Waals surface area contributed by atoms with Crippen LogP contribution in [0.5, 0.6) is 0 Å². The number of carboxylic acids is 1. The first-order valence-corrected chi connectivity index (χ1v) is 14.9. The van der Waals surface area contributed by atoms with E-state index < -0.39 is 40.8 Å². The molecule has 1 aromatic heterocycles. The Bertz CT molecular complexity index is 1400. The average molecular weight is 586 g/mol. The van der Waals surface area contributed by atoms with Gasteiger partial charge in [-0.2, -0.15) is 13.2 Å². The Morgan fingerprint density at radius 3 is 2.55 bits per heavy atom. The van der Waals surface area contributed by atoms with E-state index in [-0.39, 0.29) is 23.2 Å². The molecule has 6 rings (SSSR count). The van der Waals surface area contributed by atoms with E-state index in [1.54, 1.807) is 11.8 Å². The number of nitrogens with one attached hydrogen (secondary N) is 2. The molecule has 42 heavy (non-hydrogen) atoms. The lowest BCUT2D eigenvalue weighted by molar-refractivity contribution is -0.155. The lowest BCUT2D eigenvalue weighted by Crippen LogP contribution is -2.66. The molecule has 4 aliphatic rings. The first kappa shape index (κ1) is 28.9. The molecule has 2 aromatic rings. The van der Waals surface area contributed by atoms with Crippen LogP contribution in [0.3, 0.4) is 0 Å². The maximum absolute atomic E-state index is 14.5. The monoisotopic (exact) mass is 585 g/mol. The van der Waals surface area contributed by atoms with E-state index in [0.717, 1.165) is 55.4 Å². The highest BCUT2D eigenvalue weighted by Gasteiger charge is 2.57. The number of alkyl halides is 3. The van der Waals surface area contributed by atoms with Crippen LogP contribution in [-0.2, 0) is 16.4 Å². The van der Waals surface area contributed by atoms with Crippen LogP contribution in [0.25, 0.3) is 0 Å². The van der Waals surface area contributed by atoms with Crippen LogP contribution in [0.4, 0.5) is 24.8 Å². The fraction of sp³-hybridized carbons (Fsp3) is 0.613. The molecule has 3 N–H and O–H groups in total. The van der Waals surface area contributed by atoms with Crippen molar-refractivity contribution < 1.29 is 27.9 Å². The number of carbonyl (C=O) groups is 2. The van der Waals surface area contributed by atoms with Gasteiger partial charge >= 0.3 is 12.1 Å². The zero-order chi connectivity index (χ0) is 30.0. The lowest BCUT2D eigenvalue weighted by Gasteiger charge is -2.52. The largest absolute Gasteiger partial charge is 0.479 e. The number of amides is 1. The summed E-state index contributed by atoms with van der Waals surface area (Å²) in [6.45, 7) is 7.88. The van der Waals surface area contributed by atoms with Crippen LogP contribution in [0.1, 0.15) is 79.6 Å². The zero-order valence-corrected chi connectivity index (χ0v) is 24.2. The third-order valence-corrected chi connectivity index (χ3v) is 10.4. The summed E-state index contributed by atoms with van der Waals surface area (Å²) in [5.41, 5.74) is -1.08. The maximum Gasteiger partial charge on any atom is 0.434 e. The third-order valence-electron chi connectivity index (χ3n) is 10.4. The summed E-state index contributed by atoms with van der Waals surface area (Å²) in [5, 5.41) is 16.4. The van der Waals surface area contributed by atoms with Gasteiger partial charge in [-0.15, -0.1) is 0 Å². The highest BCUT2D eigenvalue weighted by Crippen LogP contribution is 2.51. The van der Waals surface area contributed by atoms with Crippen molar-refractivity contribution in [1.82, 2.24) is 20.6 Å². The summed E-state index contributed by atoms with van der Waals surface area (Å²) in [7, 11) is 0. The van der Waals surface area contributed by atoms with Crippen molar-refractivity contribution in [3.05, 3.63) is 46.8 Å².